The summed E-state index contributed by atoms with van der Waals surface area (Å²) in [6, 6.07) is 6.42. The fraction of sp³-hybridized carbons (Fsp3) is 0.615. The zero-order valence-electron chi connectivity index (χ0n) is 20.2. The molecule has 0 aromatic heterocycles. The molecule has 0 saturated carbocycles. The van der Waals surface area contributed by atoms with E-state index in [2.05, 4.69) is 88.2 Å². The van der Waals surface area contributed by atoms with Crippen molar-refractivity contribution in [1.29, 1.82) is 0 Å². The Balaban J connectivity index is 6.46. The molecule has 0 saturated heterocycles. The molecule has 2 atom stereocenters. The first kappa shape index (κ1) is 28.2. The summed E-state index contributed by atoms with van der Waals surface area (Å²) < 4.78 is 11.2. The Morgan fingerprint density at radius 3 is 1.00 bits per heavy atom. The lowest BCUT2D eigenvalue weighted by Gasteiger charge is -2.23. The van der Waals surface area contributed by atoms with Gasteiger partial charge in [-0.15, -0.1) is 23.9 Å². The Morgan fingerprint density at radius 1 is 0.567 bits per heavy atom. The maximum Gasteiger partial charge on any atom is 0.253 e. The maximum atomic E-state index is 5.81. The molecule has 0 N–H and O–H groups in total. The minimum absolute atomic E-state index is 1.07. The minimum Gasteiger partial charge on any atom is -0.345 e. The van der Waals surface area contributed by atoms with E-state index in [-0.39, 0.29) is 0 Å². The fourth-order valence-corrected chi connectivity index (χ4v) is 8.12. The van der Waals surface area contributed by atoms with Crippen molar-refractivity contribution >= 4 is 16.1 Å². The van der Waals surface area contributed by atoms with Gasteiger partial charge in [-0.3, -0.25) is 0 Å². The van der Waals surface area contributed by atoms with Gasteiger partial charge in [0.2, 0.25) is 0 Å². The van der Waals surface area contributed by atoms with Crippen LogP contribution in [0.1, 0.15) is 41.5 Å². The number of rotatable bonds is 8. The van der Waals surface area contributed by atoms with Gasteiger partial charge in [0.05, 0.1) is 0 Å². The van der Waals surface area contributed by atoms with Gasteiger partial charge in [-0.2, -0.15) is 0 Å². The van der Waals surface area contributed by atoms with Crippen molar-refractivity contribution < 1.29 is 9.47 Å². The average molecular weight is 439 g/mol. The van der Waals surface area contributed by atoms with Crippen molar-refractivity contribution in [3.8, 4) is 59.5 Å². The van der Waals surface area contributed by atoms with Crippen LogP contribution >= 0.6 is 0 Å². The van der Waals surface area contributed by atoms with Crippen LogP contribution < -0.4 is 0 Å². The standard InChI is InChI=1S/C26H38O2Si2/c1-11-25(27-9,21-23-29(13-3,14-4)15-5)19-20-26(12-2,28-10)22-24-30(16-6,17-7)18-8/h1-2H,13-18H2,3-10H3. The minimum atomic E-state index is -1.70. The highest BCUT2D eigenvalue weighted by molar-refractivity contribution is 6.87. The number of ether oxygens (including phenoxy) is 2. The van der Waals surface area contributed by atoms with Gasteiger partial charge in [0.15, 0.2) is 0 Å². The molecule has 0 bridgehead atoms. The van der Waals surface area contributed by atoms with E-state index < -0.39 is 27.3 Å². The predicted octanol–water partition coefficient (Wildman–Crippen LogP) is 5.13. The molecule has 2 nitrogen and oxygen atoms in total. The molecule has 0 aliphatic carbocycles. The Kier molecular flexibility index (Phi) is 12.0. The third-order valence-corrected chi connectivity index (χ3v) is 15.9. The van der Waals surface area contributed by atoms with Gasteiger partial charge in [-0.05, 0) is 71.8 Å². The first-order chi connectivity index (χ1) is 14.2. The van der Waals surface area contributed by atoms with E-state index in [1.54, 1.807) is 0 Å². The van der Waals surface area contributed by atoms with E-state index in [0.29, 0.717) is 0 Å². The molecule has 4 heteroatoms. The second-order valence-corrected chi connectivity index (χ2v) is 17.4. The molecule has 0 rings (SSSR count). The largest absolute Gasteiger partial charge is 0.345 e. The molecule has 162 valence electrons. The summed E-state index contributed by atoms with van der Waals surface area (Å²) in [5, 5.41) is 0. The predicted molar refractivity (Wildman–Crippen MR) is 135 cm³/mol. The van der Waals surface area contributed by atoms with Crippen LogP contribution in [0.5, 0.6) is 0 Å². The van der Waals surface area contributed by atoms with Gasteiger partial charge in [-0.1, -0.05) is 41.5 Å². The van der Waals surface area contributed by atoms with Crippen molar-refractivity contribution in [3.05, 3.63) is 0 Å². The summed E-state index contributed by atoms with van der Waals surface area (Å²) in [5.41, 5.74) is 4.31. The van der Waals surface area contributed by atoms with E-state index in [1.807, 2.05) is 0 Å². The third-order valence-electron chi connectivity index (χ3n) is 6.50. The fourth-order valence-electron chi connectivity index (χ4n) is 3.18. The molecule has 0 radical (unpaired) electrons. The van der Waals surface area contributed by atoms with Gasteiger partial charge in [0.25, 0.3) is 11.2 Å². The Morgan fingerprint density at radius 2 is 0.833 bits per heavy atom. The number of hydrogen-bond acceptors (Lipinski definition) is 2. The van der Waals surface area contributed by atoms with Gasteiger partial charge in [0.1, 0.15) is 16.1 Å². The van der Waals surface area contributed by atoms with E-state index in [4.69, 9.17) is 22.3 Å². The van der Waals surface area contributed by atoms with Gasteiger partial charge in [0, 0.05) is 14.2 Å². The number of hydrogen-bond donors (Lipinski definition) is 0. The van der Waals surface area contributed by atoms with Crippen molar-refractivity contribution in [3.63, 3.8) is 0 Å². The lowest BCUT2D eigenvalue weighted by Crippen LogP contribution is -2.34. The van der Waals surface area contributed by atoms with E-state index in [0.717, 1.165) is 36.3 Å². The van der Waals surface area contributed by atoms with Gasteiger partial charge >= 0.3 is 0 Å². The molecule has 0 aliphatic rings. The van der Waals surface area contributed by atoms with Crippen LogP contribution in [0.4, 0.5) is 0 Å². The Bertz CT molecular complexity index is 736. The molecule has 2 unspecified atom stereocenters. The topological polar surface area (TPSA) is 18.5 Å². The quantitative estimate of drug-likeness (QED) is 0.386. The first-order valence-corrected chi connectivity index (χ1v) is 16.2. The highest BCUT2D eigenvalue weighted by atomic mass is 28.3. The molecule has 0 fully saturated rings. The lowest BCUT2D eigenvalue weighted by molar-refractivity contribution is 0.130. The normalized spacial score (nSPS) is 14.7. The Hall–Kier alpha value is -1.85. The summed E-state index contributed by atoms with van der Waals surface area (Å²) in [6.45, 7) is 13.2. The molecular formula is C26H38O2Si2. The average Bonchev–Trinajstić information content (AvgIpc) is 2.82. The van der Waals surface area contributed by atoms with Crippen molar-refractivity contribution in [2.75, 3.05) is 14.2 Å². The molecule has 0 aromatic rings. The number of methoxy groups -OCH3 is 2. The highest BCUT2D eigenvalue weighted by Gasteiger charge is 2.30. The van der Waals surface area contributed by atoms with Gasteiger partial charge < -0.3 is 9.47 Å². The number of terminal acetylenes is 2. The summed E-state index contributed by atoms with van der Waals surface area (Å²) in [7, 11) is -0.362. The van der Waals surface area contributed by atoms with E-state index in [1.165, 1.54) is 14.2 Å². The maximum absolute atomic E-state index is 5.81. The third kappa shape index (κ3) is 6.85. The summed E-state index contributed by atoms with van der Waals surface area (Å²) in [6.07, 6.45) is 11.6. The molecular weight excluding hydrogens is 400 g/mol. The van der Waals surface area contributed by atoms with E-state index in [9.17, 15) is 0 Å². The second-order valence-electron chi connectivity index (χ2n) is 7.49. The van der Waals surface area contributed by atoms with Crippen molar-refractivity contribution in [1.82, 2.24) is 0 Å². The second kappa shape index (κ2) is 12.8. The molecule has 0 aromatic carbocycles. The van der Waals surface area contributed by atoms with Crippen molar-refractivity contribution in [2.45, 2.75) is 89.0 Å². The monoisotopic (exact) mass is 438 g/mol. The summed E-state index contributed by atoms with van der Waals surface area (Å²) >= 11 is 0. The smallest absolute Gasteiger partial charge is 0.253 e. The van der Waals surface area contributed by atoms with Crippen LogP contribution in [0.2, 0.25) is 36.3 Å². The van der Waals surface area contributed by atoms with Crippen molar-refractivity contribution in [2.24, 2.45) is 0 Å². The van der Waals surface area contributed by atoms with E-state index >= 15 is 0 Å². The van der Waals surface area contributed by atoms with Crippen LogP contribution in [0.15, 0.2) is 0 Å². The molecule has 0 heterocycles. The molecule has 0 aliphatic heterocycles. The lowest BCUT2D eigenvalue weighted by atomic mass is 10.0. The molecule has 0 spiro atoms. The SMILES string of the molecule is C#CC(C#CC(C#C)(C#C[Si](CC)(CC)CC)OC)(C#C[Si](CC)(CC)CC)OC. The summed E-state index contributed by atoms with van der Waals surface area (Å²) in [5.74, 6) is 17.6. The highest BCUT2D eigenvalue weighted by Crippen LogP contribution is 2.21. The van der Waals surface area contributed by atoms with Crippen LogP contribution in [0, 0.1) is 59.5 Å². The van der Waals surface area contributed by atoms with Crippen LogP contribution in [-0.2, 0) is 9.47 Å². The van der Waals surface area contributed by atoms with Crippen LogP contribution in [-0.4, -0.2) is 41.6 Å². The zero-order chi connectivity index (χ0) is 23.3. The molecule has 30 heavy (non-hydrogen) atoms. The van der Waals surface area contributed by atoms with Crippen LogP contribution in [0.25, 0.3) is 0 Å². The first-order valence-electron chi connectivity index (χ1n) is 10.9. The van der Waals surface area contributed by atoms with Crippen LogP contribution in [0.3, 0.4) is 0 Å². The van der Waals surface area contributed by atoms with Gasteiger partial charge in [-0.25, -0.2) is 0 Å². The Labute approximate surface area is 188 Å². The molecule has 0 amide bonds. The zero-order valence-corrected chi connectivity index (χ0v) is 22.2. The summed E-state index contributed by atoms with van der Waals surface area (Å²) in [4.78, 5) is 0.